The van der Waals surface area contributed by atoms with Crippen molar-refractivity contribution in [3.63, 3.8) is 0 Å². The highest BCUT2D eigenvalue weighted by atomic mass is 16.3. The molecular formula is C14H19NO. The van der Waals surface area contributed by atoms with Crippen molar-refractivity contribution < 1.29 is 5.11 Å². The fourth-order valence-corrected chi connectivity index (χ4v) is 3.40. The number of aliphatic hydroxyl groups excluding tert-OH is 1. The quantitative estimate of drug-likeness (QED) is 0.821. The predicted octanol–water partition coefficient (Wildman–Crippen LogP) is 2.20. The zero-order valence-corrected chi connectivity index (χ0v) is 9.71. The Morgan fingerprint density at radius 1 is 1.25 bits per heavy atom. The minimum atomic E-state index is -0.0927. The largest absolute Gasteiger partial charge is 0.391 e. The maximum atomic E-state index is 9.94. The van der Waals surface area contributed by atoms with Crippen molar-refractivity contribution in [1.82, 2.24) is 4.90 Å². The van der Waals surface area contributed by atoms with Gasteiger partial charge in [-0.2, -0.15) is 0 Å². The Hall–Kier alpha value is -0.860. The first-order chi connectivity index (χ1) is 7.75. The Morgan fingerprint density at radius 3 is 2.62 bits per heavy atom. The van der Waals surface area contributed by atoms with E-state index in [1.165, 1.54) is 12.0 Å². The number of piperidine rings is 1. The minimum Gasteiger partial charge on any atom is -0.391 e. The van der Waals surface area contributed by atoms with Gasteiger partial charge in [0.1, 0.15) is 0 Å². The molecule has 2 fully saturated rings. The first-order valence-electron chi connectivity index (χ1n) is 6.24. The maximum absolute atomic E-state index is 9.94. The lowest BCUT2D eigenvalue weighted by Crippen LogP contribution is -2.42. The molecule has 1 aromatic rings. The SMILES string of the molecule is CC(c1ccccc1)N1CC2CC1[C@H](O)C2. The number of fused-ring (bicyclic) bond motifs is 2. The van der Waals surface area contributed by atoms with Crippen LogP contribution in [0.3, 0.4) is 0 Å². The van der Waals surface area contributed by atoms with Crippen molar-refractivity contribution in [1.29, 1.82) is 0 Å². The summed E-state index contributed by atoms with van der Waals surface area (Å²) in [7, 11) is 0. The molecule has 1 aliphatic carbocycles. The molecule has 16 heavy (non-hydrogen) atoms. The van der Waals surface area contributed by atoms with E-state index in [0.29, 0.717) is 12.1 Å². The summed E-state index contributed by atoms with van der Waals surface area (Å²) in [6.07, 6.45) is 2.12. The number of rotatable bonds is 2. The third kappa shape index (κ3) is 1.57. The zero-order chi connectivity index (χ0) is 11.1. The fraction of sp³-hybridized carbons (Fsp3) is 0.571. The molecule has 2 nitrogen and oxygen atoms in total. The Balaban J connectivity index is 1.79. The van der Waals surface area contributed by atoms with Crippen molar-refractivity contribution >= 4 is 0 Å². The second kappa shape index (κ2) is 3.86. The molecule has 2 heteroatoms. The molecule has 1 heterocycles. The third-order valence-corrected chi connectivity index (χ3v) is 4.27. The summed E-state index contributed by atoms with van der Waals surface area (Å²) in [6.45, 7) is 3.42. The van der Waals surface area contributed by atoms with E-state index < -0.39 is 0 Å². The van der Waals surface area contributed by atoms with Gasteiger partial charge in [-0.05, 0) is 31.2 Å². The van der Waals surface area contributed by atoms with E-state index in [2.05, 4.69) is 42.2 Å². The van der Waals surface area contributed by atoms with Crippen LogP contribution in [0.1, 0.15) is 31.4 Å². The molecule has 1 saturated carbocycles. The molecule has 4 atom stereocenters. The van der Waals surface area contributed by atoms with E-state index >= 15 is 0 Å². The number of benzene rings is 1. The Labute approximate surface area is 96.9 Å². The van der Waals surface area contributed by atoms with Gasteiger partial charge in [-0.25, -0.2) is 0 Å². The van der Waals surface area contributed by atoms with Gasteiger partial charge < -0.3 is 5.11 Å². The standard InChI is InChI=1S/C14H19NO/c1-10(12-5-3-2-4-6-12)15-9-11-7-13(15)14(16)8-11/h2-6,10-11,13-14,16H,7-9H2,1H3/t10?,11?,13?,14-/m1/s1. The number of likely N-dealkylation sites (tertiary alicyclic amines) is 1. The van der Waals surface area contributed by atoms with Crippen molar-refractivity contribution in [2.45, 2.75) is 38.0 Å². The molecule has 0 amide bonds. The summed E-state index contributed by atoms with van der Waals surface area (Å²) in [5.41, 5.74) is 1.36. The average molecular weight is 217 g/mol. The second-order valence-electron chi connectivity index (χ2n) is 5.26. The molecule has 1 saturated heterocycles. The summed E-state index contributed by atoms with van der Waals surface area (Å²) < 4.78 is 0. The van der Waals surface area contributed by atoms with Gasteiger partial charge in [0.15, 0.2) is 0 Å². The molecule has 0 spiro atoms. The van der Waals surface area contributed by atoms with Crippen LogP contribution in [-0.4, -0.2) is 28.7 Å². The summed E-state index contributed by atoms with van der Waals surface area (Å²) in [5, 5.41) is 9.94. The van der Waals surface area contributed by atoms with Gasteiger partial charge in [0, 0.05) is 18.6 Å². The van der Waals surface area contributed by atoms with Gasteiger partial charge in [-0.15, -0.1) is 0 Å². The summed E-state index contributed by atoms with van der Waals surface area (Å²) in [4.78, 5) is 2.48. The minimum absolute atomic E-state index is 0.0927. The molecule has 2 aliphatic rings. The van der Waals surface area contributed by atoms with E-state index in [1.807, 2.05) is 0 Å². The molecule has 0 aromatic heterocycles. The number of nitrogens with zero attached hydrogens (tertiary/aromatic N) is 1. The van der Waals surface area contributed by atoms with Crippen molar-refractivity contribution in [3.8, 4) is 0 Å². The van der Waals surface area contributed by atoms with E-state index in [-0.39, 0.29) is 6.10 Å². The molecule has 1 aliphatic heterocycles. The molecule has 1 N–H and O–H groups in total. The van der Waals surface area contributed by atoms with Crippen LogP contribution in [0.15, 0.2) is 30.3 Å². The van der Waals surface area contributed by atoms with Crippen LogP contribution in [0, 0.1) is 5.92 Å². The predicted molar refractivity (Wildman–Crippen MR) is 64.1 cm³/mol. The van der Waals surface area contributed by atoms with E-state index in [1.54, 1.807) is 0 Å². The lowest BCUT2D eigenvalue weighted by molar-refractivity contribution is 0.0361. The number of hydrogen-bond acceptors (Lipinski definition) is 2. The monoisotopic (exact) mass is 217 g/mol. The topological polar surface area (TPSA) is 23.5 Å². The van der Waals surface area contributed by atoms with E-state index in [4.69, 9.17) is 0 Å². The second-order valence-corrected chi connectivity index (χ2v) is 5.26. The molecule has 3 rings (SSSR count). The molecule has 3 unspecified atom stereocenters. The van der Waals surface area contributed by atoms with E-state index in [0.717, 1.165) is 18.9 Å². The zero-order valence-electron chi connectivity index (χ0n) is 9.71. The molecule has 86 valence electrons. The maximum Gasteiger partial charge on any atom is 0.0698 e. The van der Waals surface area contributed by atoms with Crippen LogP contribution < -0.4 is 0 Å². The van der Waals surface area contributed by atoms with Crippen LogP contribution in [-0.2, 0) is 0 Å². The highest BCUT2D eigenvalue weighted by Gasteiger charge is 2.45. The highest BCUT2D eigenvalue weighted by molar-refractivity contribution is 5.19. The number of hydrogen-bond donors (Lipinski definition) is 1. The Kier molecular flexibility index (Phi) is 2.49. The highest BCUT2D eigenvalue weighted by Crippen LogP contribution is 2.41. The smallest absolute Gasteiger partial charge is 0.0698 e. The molecule has 1 aromatic carbocycles. The first kappa shape index (κ1) is 10.3. The molecule has 2 bridgehead atoms. The van der Waals surface area contributed by atoms with Crippen molar-refractivity contribution in [3.05, 3.63) is 35.9 Å². The molecular weight excluding hydrogens is 198 g/mol. The van der Waals surface area contributed by atoms with Gasteiger partial charge in [-0.1, -0.05) is 30.3 Å². The van der Waals surface area contributed by atoms with Crippen molar-refractivity contribution in [2.24, 2.45) is 5.92 Å². The van der Waals surface area contributed by atoms with Crippen LogP contribution in [0.4, 0.5) is 0 Å². The Bertz CT molecular complexity index is 364. The Morgan fingerprint density at radius 2 is 2.00 bits per heavy atom. The van der Waals surface area contributed by atoms with Gasteiger partial charge in [-0.3, -0.25) is 4.90 Å². The van der Waals surface area contributed by atoms with Gasteiger partial charge >= 0.3 is 0 Å². The average Bonchev–Trinajstić information content (AvgIpc) is 2.88. The summed E-state index contributed by atoms with van der Waals surface area (Å²) >= 11 is 0. The van der Waals surface area contributed by atoms with Gasteiger partial charge in [0.25, 0.3) is 0 Å². The number of aliphatic hydroxyl groups is 1. The summed E-state index contributed by atoms with van der Waals surface area (Å²) in [6, 6.07) is 11.5. The fourth-order valence-electron chi connectivity index (χ4n) is 3.40. The van der Waals surface area contributed by atoms with Crippen LogP contribution in [0.25, 0.3) is 0 Å². The lowest BCUT2D eigenvalue weighted by atomic mass is 10.0. The third-order valence-electron chi connectivity index (χ3n) is 4.27. The van der Waals surface area contributed by atoms with Gasteiger partial charge in [0.2, 0.25) is 0 Å². The molecule has 0 radical (unpaired) electrons. The van der Waals surface area contributed by atoms with Crippen molar-refractivity contribution in [2.75, 3.05) is 6.54 Å². The summed E-state index contributed by atoms with van der Waals surface area (Å²) in [5.74, 6) is 0.728. The lowest BCUT2D eigenvalue weighted by Gasteiger charge is -2.35. The van der Waals surface area contributed by atoms with Crippen LogP contribution in [0.2, 0.25) is 0 Å². The van der Waals surface area contributed by atoms with Gasteiger partial charge in [0.05, 0.1) is 6.10 Å². The first-order valence-corrected chi connectivity index (χ1v) is 6.24. The van der Waals surface area contributed by atoms with Crippen LogP contribution in [0.5, 0.6) is 0 Å². The van der Waals surface area contributed by atoms with Crippen LogP contribution >= 0.6 is 0 Å². The normalized spacial score (nSPS) is 35.5. The van der Waals surface area contributed by atoms with E-state index in [9.17, 15) is 5.11 Å².